The second-order valence-corrected chi connectivity index (χ2v) is 4.12. The Labute approximate surface area is 88.0 Å². The predicted molar refractivity (Wildman–Crippen MR) is 54.5 cm³/mol. The average Bonchev–Trinajstić information content (AvgIpc) is 3.01. The molecule has 3 heteroatoms. The first-order valence-electron chi connectivity index (χ1n) is 5.26. The quantitative estimate of drug-likeness (QED) is 0.755. The Morgan fingerprint density at radius 2 is 2.27 bits per heavy atom. The van der Waals surface area contributed by atoms with Gasteiger partial charge >= 0.3 is 0 Å². The molecule has 1 aromatic rings. The van der Waals surface area contributed by atoms with Gasteiger partial charge < -0.3 is 9.47 Å². The van der Waals surface area contributed by atoms with Crippen molar-refractivity contribution in [2.45, 2.75) is 12.8 Å². The predicted octanol–water partition coefficient (Wildman–Crippen LogP) is 2.05. The summed E-state index contributed by atoms with van der Waals surface area (Å²) in [5.41, 5.74) is 0.675. The molecule has 0 aromatic heterocycles. The molecule has 1 fully saturated rings. The smallest absolute Gasteiger partial charge is 0.203 e. The van der Waals surface area contributed by atoms with Crippen molar-refractivity contribution in [3.05, 3.63) is 23.8 Å². The molecule has 1 heterocycles. The maximum absolute atomic E-state index is 11.3. The summed E-state index contributed by atoms with van der Waals surface area (Å²) in [6.45, 7) is 0.953. The van der Waals surface area contributed by atoms with E-state index in [1.807, 2.05) is 12.1 Å². The zero-order chi connectivity index (χ0) is 10.3. The summed E-state index contributed by atoms with van der Waals surface area (Å²) in [6.07, 6.45) is 2.56. The number of rotatable bonds is 3. The fourth-order valence-electron chi connectivity index (χ4n) is 1.66. The van der Waals surface area contributed by atoms with Crippen LogP contribution in [0.25, 0.3) is 0 Å². The summed E-state index contributed by atoms with van der Waals surface area (Å²) in [5.74, 6) is 2.25. The zero-order valence-electron chi connectivity index (χ0n) is 8.36. The third-order valence-corrected chi connectivity index (χ3v) is 2.79. The van der Waals surface area contributed by atoms with Crippen LogP contribution in [0.5, 0.6) is 11.5 Å². The molecule has 1 saturated carbocycles. The van der Waals surface area contributed by atoms with Crippen LogP contribution in [0.2, 0.25) is 0 Å². The van der Waals surface area contributed by atoms with Crippen LogP contribution in [0.3, 0.4) is 0 Å². The lowest BCUT2D eigenvalue weighted by Gasteiger charge is -2.05. The van der Waals surface area contributed by atoms with Gasteiger partial charge in [0.2, 0.25) is 5.78 Å². The molecule has 2 aliphatic rings. The van der Waals surface area contributed by atoms with Gasteiger partial charge in [-0.25, -0.2) is 0 Å². The van der Waals surface area contributed by atoms with Gasteiger partial charge in [-0.05, 0) is 30.9 Å². The van der Waals surface area contributed by atoms with E-state index >= 15 is 0 Å². The van der Waals surface area contributed by atoms with Crippen LogP contribution in [0.4, 0.5) is 0 Å². The number of hydrogen-bond donors (Lipinski definition) is 0. The summed E-state index contributed by atoms with van der Waals surface area (Å²) >= 11 is 0. The Morgan fingerprint density at radius 1 is 1.40 bits per heavy atom. The van der Waals surface area contributed by atoms with Crippen molar-refractivity contribution in [1.29, 1.82) is 0 Å². The molecule has 3 nitrogen and oxygen atoms in total. The van der Waals surface area contributed by atoms with E-state index in [1.165, 1.54) is 12.8 Å². The third-order valence-electron chi connectivity index (χ3n) is 2.79. The average molecular weight is 204 g/mol. The minimum absolute atomic E-state index is 0.0544. The number of hydrogen-bond acceptors (Lipinski definition) is 3. The van der Waals surface area contributed by atoms with E-state index in [9.17, 15) is 4.79 Å². The minimum Gasteiger partial charge on any atom is -0.493 e. The molecule has 0 bridgehead atoms. The number of carbonyl (C=O) groups is 1. The molecular formula is C12H12O3. The molecule has 0 unspecified atom stereocenters. The normalized spacial score (nSPS) is 18.5. The van der Waals surface area contributed by atoms with Crippen molar-refractivity contribution in [2.75, 3.05) is 13.2 Å². The lowest BCUT2D eigenvalue weighted by Crippen LogP contribution is -1.99. The van der Waals surface area contributed by atoms with E-state index in [-0.39, 0.29) is 12.4 Å². The fraction of sp³-hybridized carbons (Fsp3) is 0.417. The lowest BCUT2D eigenvalue weighted by molar-refractivity contribution is 0.0961. The van der Waals surface area contributed by atoms with Gasteiger partial charge in [-0.1, -0.05) is 0 Å². The summed E-state index contributed by atoms with van der Waals surface area (Å²) in [5, 5.41) is 0. The minimum atomic E-state index is 0.0544. The van der Waals surface area contributed by atoms with E-state index < -0.39 is 0 Å². The molecule has 1 aliphatic heterocycles. The Kier molecular flexibility index (Phi) is 1.91. The molecule has 0 amide bonds. The topological polar surface area (TPSA) is 35.5 Å². The number of benzene rings is 1. The fourth-order valence-corrected chi connectivity index (χ4v) is 1.66. The Hall–Kier alpha value is -1.51. The molecule has 1 aromatic carbocycles. The molecule has 0 spiro atoms. The van der Waals surface area contributed by atoms with Crippen LogP contribution in [-0.2, 0) is 0 Å². The summed E-state index contributed by atoms with van der Waals surface area (Å²) < 4.78 is 10.8. The first-order valence-corrected chi connectivity index (χ1v) is 5.26. The van der Waals surface area contributed by atoms with Gasteiger partial charge in [-0.15, -0.1) is 0 Å². The molecule has 3 rings (SSSR count). The van der Waals surface area contributed by atoms with Crippen LogP contribution >= 0.6 is 0 Å². The maximum Gasteiger partial charge on any atom is 0.203 e. The van der Waals surface area contributed by atoms with Crippen molar-refractivity contribution in [3.63, 3.8) is 0 Å². The highest BCUT2D eigenvalue weighted by Gasteiger charge is 2.23. The SMILES string of the molecule is O=C1COc2cc(OCC3CC3)ccc21. The number of carbonyl (C=O) groups excluding carboxylic acids is 1. The van der Waals surface area contributed by atoms with Gasteiger partial charge in [0, 0.05) is 6.07 Å². The van der Waals surface area contributed by atoms with E-state index in [2.05, 4.69) is 0 Å². The molecule has 0 saturated heterocycles. The van der Waals surface area contributed by atoms with Crippen LogP contribution in [0.15, 0.2) is 18.2 Å². The van der Waals surface area contributed by atoms with Gasteiger partial charge in [0.25, 0.3) is 0 Å². The monoisotopic (exact) mass is 204 g/mol. The van der Waals surface area contributed by atoms with E-state index in [1.54, 1.807) is 6.07 Å². The second-order valence-electron chi connectivity index (χ2n) is 4.12. The van der Waals surface area contributed by atoms with E-state index in [0.29, 0.717) is 11.3 Å². The molecule has 0 N–H and O–H groups in total. The first-order chi connectivity index (χ1) is 7.33. The Bertz CT molecular complexity index is 407. The van der Waals surface area contributed by atoms with Crippen LogP contribution < -0.4 is 9.47 Å². The summed E-state index contributed by atoms with van der Waals surface area (Å²) in [6, 6.07) is 5.43. The molecule has 78 valence electrons. The second kappa shape index (κ2) is 3.26. The number of ether oxygens (including phenoxy) is 2. The number of ketones is 1. The largest absolute Gasteiger partial charge is 0.493 e. The van der Waals surface area contributed by atoms with Gasteiger partial charge in [-0.3, -0.25) is 4.79 Å². The van der Waals surface area contributed by atoms with Crippen molar-refractivity contribution >= 4 is 5.78 Å². The van der Waals surface area contributed by atoms with Crippen molar-refractivity contribution in [1.82, 2.24) is 0 Å². The number of fused-ring (bicyclic) bond motifs is 1. The molecule has 1 aliphatic carbocycles. The highest BCUT2D eigenvalue weighted by molar-refractivity contribution is 6.02. The van der Waals surface area contributed by atoms with Gasteiger partial charge in [0.05, 0.1) is 12.2 Å². The highest BCUT2D eigenvalue weighted by Crippen LogP contribution is 2.32. The molecule has 15 heavy (non-hydrogen) atoms. The maximum atomic E-state index is 11.3. The summed E-state index contributed by atoms with van der Waals surface area (Å²) in [7, 11) is 0. The van der Waals surface area contributed by atoms with Crippen LogP contribution in [0.1, 0.15) is 23.2 Å². The number of Topliss-reactive ketones (excluding diaryl/α,β-unsaturated/α-hetero) is 1. The third kappa shape index (κ3) is 1.69. The lowest BCUT2D eigenvalue weighted by atomic mass is 10.1. The van der Waals surface area contributed by atoms with Crippen molar-refractivity contribution < 1.29 is 14.3 Å². The molecule has 0 radical (unpaired) electrons. The van der Waals surface area contributed by atoms with Gasteiger partial charge in [-0.2, -0.15) is 0 Å². The summed E-state index contributed by atoms with van der Waals surface area (Å²) in [4.78, 5) is 11.3. The first kappa shape index (κ1) is 8.77. The highest BCUT2D eigenvalue weighted by atomic mass is 16.5. The van der Waals surface area contributed by atoms with Gasteiger partial charge in [0.1, 0.15) is 11.5 Å². The van der Waals surface area contributed by atoms with Crippen LogP contribution in [-0.4, -0.2) is 19.0 Å². The van der Waals surface area contributed by atoms with Crippen molar-refractivity contribution in [2.24, 2.45) is 5.92 Å². The van der Waals surface area contributed by atoms with Crippen molar-refractivity contribution in [3.8, 4) is 11.5 Å². The zero-order valence-corrected chi connectivity index (χ0v) is 8.36. The van der Waals surface area contributed by atoms with E-state index in [4.69, 9.17) is 9.47 Å². The molecular weight excluding hydrogens is 192 g/mol. The Balaban J connectivity index is 1.76. The Morgan fingerprint density at radius 3 is 3.07 bits per heavy atom. The standard InChI is InChI=1S/C12H12O3/c13-11-7-15-12-5-9(3-4-10(11)12)14-6-8-1-2-8/h3-5,8H,1-2,6-7H2. The van der Waals surface area contributed by atoms with Crippen LogP contribution in [0, 0.1) is 5.92 Å². The molecule has 0 atom stereocenters. The van der Waals surface area contributed by atoms with E-state index in [0.717, 1.165) is 18.3 Å². The van der Waals surface area contributed by atoms with Gasteiger partial charge in [0.15, 0.2) is 6.61 Å².